The van der Waals surface area contributed by atoms with E-state index in [1.165, 1.54) is 6.07 Å². The first-order valence-electron chi connectivity index (χ1n) is 8.45. The Morgan fingerprint density at radius 2 is 1.85 bits per heavy atom. The van der Waals surface area contributed by atoms with Gasteiger partial charge in [0.05, 0.1) is 16.5 Å². The summed E-state index contributed by atoms with van der Waals surface area (Å²) < 4.78 is 5.91. The third kappa shape index (κ3) is 2.81. The van der Waals surface area contributed by atoms with Gasteiger partial charge in [0.25, 0.3) is 5.69 Å². The number of para-hydroxylation sites is 1. The molecule has 0 fully saturated rings. The molecule has 0 amide bonds. The number of hydrogen-bond acceptors (Lipinski definition) is 5. The Hall–Kier alpha value is -3.67. The molecule has 1 aliphatic rings. The number of benzene rings is 3. The summed E-state index contributed by atoms with van der Waals surface area (Å²) in [4.78, 5) is 22.5. The van der Waals surface area contributed by atoms with E-state index in [0.717, 1.165) is 16.3 Å². The van der Waals surface area contributed by atoms with E-state index >= 15 is 0 Å². The van der Waals surface area contributed by atoms with Gasteiger partial charge < -0.3 is 10.1 Å². The number of aldehydes is 1. The van der Waals surface area contributed by atoms with E-state index in [2.05, 4.69) is 5.32 Å². The van der Waals surface area contributed by atoms with Gasteiger partial charge in [-0.25, -0.2) is 0 Å². The fraction of sp³-hybridized carbons (Fsp3) is 0.0952. The molecule has 0 saturated heterocycles. The van der Waals surface area contributed by atoms with Crippen molar-refractivity contribution in [2.45, 2.75) is 13.0 Å². The van der Waals surface area contributed by atoms with Gasteiger partial charge in [-0.05, 0) is 29.8 Å². The molecule has 4 rings (SSSR count). The summed E-state index contributed by atoms with van der Waals surface area (Å²) in [6.07, 6.45) is 0.699. The highest BCUT2D eigenvalue weighted by atomic mass is 16.6. The van der Waals surface area contributed by atoms with Crippen molar-refractivity contribution < 1.29 is 14.5 Å². The minimum atomic E-state index is -0.522. The third-order valence-corrected chi connectivity index (χ3v) is 4.69. The van der Waals surface area contributed by atoms with Gasteiger partial charge in [-0.3, -0.25) is 14.9 Å². The normalized spacial score (nSPS) is 17.4. The Morgan fingerprint density at radius 1 is 1.11 bits per heavy atom. The second-order valence-corrected chi connectivity index (χ2v) is 6.32. The van der Waals surface area contributed by atoms with Crippen molar-refractivity contribution in [2.75, 3.05) is 0 Å². The van der Waals surface area contributed by atoms with Gasteiger partial charge in [0.15, 0.2) is 12.2 Å². The van der Waals surface area contributed by atoms with Crippen LogP contribution in [-0.2, 0) is 4.79 Å². The second kappa shape index (κ2) is 6.57. The van der Waals surface area contributed by atoms with Crippen LogP contribution in [0.1, 0.15) is 24.1 Å². The Labute approximate surface area is 155 Å². The average molecular weight is 360 g/mol. The number of carbonyl (C=O) groups excluding carboxylic acids is 1. The van der Waals surface area contributed by atoms with Gasteiger partial charge >= 0.3 is 0 Å². The number of carbonyl (C=O) groups is 1. The zero-order chi connectivity index (χ0) is 19.0. The number of nitro groups is 1. The van der Waals surface area contributed by atoms with Gasteiger partial charge in [-0.15, -0.1) is 0 Å². The van der Waals surface area contributed by atoms with E-state index < -0.39 is 11.0 Å². The van der Waals surface area contributed by atoms with E-state index in [1.807, 2.05) is 36.4 Å². The molecule has 6 nitrogen and oxygen atoms in total. The van der Waals surface area contributed by atoms with Crippen LogP contribution in [0.5, 0.6) is 5.75 Å². The monoisotopic (exact) mass is 360 g/mol. The van der Waals surface area contributed by atoms with Gasteiger partial charge in [-0.1, -0.05) is 42.5 Å². The van der Waals surface area contributed by atoms with Crippen molar-refractivity contribution in [3.63, 3.8) is 0 Å². The van der Waals surface area contributed by atoms with Gasteiger partial charge in [0, 0.05) is 17.2 Å². The number of nitrogens with zero attached hydrogens (tertiary/aromatic N) is 1. The lowest BCUT2D eigenvalue weighted by Crippen LogP contribution is -2.31. The molecule has 0 radical (unpaired) electrons. The first-order valence-corrected chi connectivity index (χ1v) is 8.45. The lowest BCUT2D eigenvalue weighted by molar-refractivity contribution is -0.385. The zero-order valence-corrected chi connectivity index (χ0v) is 14.5. The quantitative estimate of drug-likeness (QED) is 0.327. The predicted octanol–water partition coefficient (Wildman–Crippen LogP) is 4.25. The molecule has 0 bridgehead atoms. The maximum absolute atomic E-state index is 11.6. The number of allylic oxidation sites excluding steroid dienone is 1. The van der Waals surface area contributed by atoms with Crippen molar-refractivity contribution in [1.82, 2.24) is 5.32 Å². The van der Waals surface area contributed by atoms with Crippen LogP contribution in [0.15, 0.2) is 72.1 Å². The van der Waals surface area contributed by atoms with E-state index in [1.54, 1.807) is 25.1 Å². The summed E-state index contributed by atoms with van der Waals surface area (Å²) in [6, 6.07) is 17.6. The predicted molar refractivity (Wildman–Crippen MR) is 101 cm³/mol. The molecular weight excluding hydrogens is 344 g/mol. The Balaban J connectivity index is 2.03. The Bertz CT molecular complexity index is 1100. The molecule has 3 aromatic carbocycles. The van der Waals surface area contributed by atoms with Gasteiger partial charge in [0.1, 0.15) is 5.75 Å². The minimum Gasteiger partial charge on any atom is -0.441 e. The topological polar surface area (TPSA) is 81.5 Å². The van der Waals surface area contributed by atoms with Crippen molar-refractivity contribution in [3.05, 3.63) is 93.4 Å². The summed E-state index contributed by atoms with van der Waals surface area (Å²) in [5.41, 5.74) is 1.72. The highest BCUT2D eigenvalue weighted by Crippen LogP contribution is 2.42. The van der Waals surface area contributed by atoms with E-state index in [4.69, 9.17) is 4.74 Å². The summed E-state index contributed by atoms with van der Waals surface area (Å²) >= 11 is 0. The molecular formula is C21H16N2O4. The molecule has 1 heterocycles. The number of nitrogens with one attached hydrogen (secondary N) is 1. The summed E-state index contributed by atoms with van der Waals surface area (Å²) in [6.45, 7) is 1.64. The number of fused-ring (bicyclic) bond motifs is 3. The molecule has 1 N–H and O–H groups in total. The van der Waals surface area contributed by atoms with Gasteiger partial charge in [0.2, 0.25) is 0 Å². The van der Waals surface area contributed by atoms with Crippen LogP contribution < -0.4 is 10.1 Å². The smallest absolute Gasteiger partial charge is 0.275 e. The fourth-order valence-electron chi connectivity index (χ4n) is 3.38. The molecule has 1 unspecified atom stereocenters. The van der Waals surface area contributed by atoms with Crippen LogP contribution in [0.25, 0.3) is 10.8 Å². The number of hydrogen-bond donors (Lipinski definition) is 1. The maximum Gasteiger partial charge on any atom is 0.275 e. The minimum absolute atomic E-state index is 0.0129. The molecule has 1 atom stereocenters. The highest BCUT2D eigenvalue weighted by molar-refractivity contribution is 5.89. The summed E-state index contributed by atoms with van der Waals surface area (Å²) in [5, 5.41) is 16.7. The standard InChI is InChI=1S/C21H16N2O4/c1-13(12-24)21-22-20(16-8-4-5-9-17(16)23(25)26)19-15-7-3-2-6-14(15)10-11-18(19)27-21/h2-12,20,22H,1H3/b21-13-. The fourth-order valence-corrected chi connectivity index (χ4v) is 3.38. The lowest BCUT2D eigenvalue weighted by Gasteiger charge is -2.31. The number of rotatable bonds is 3. The average Bonchev–Trinajstić information content (AvgIpc) is 2.72. The highest BCUT2D eigenvalue weighted by Gasteiger charge is 2.32. The third-order valence-electron chi connectivity index (χ3n) is 4.69. The van der Waals surface area contributed by atoms with Crippen molar-refractivity contribution in [1.29, 1.82) is 0 Å². The van der Waals surface area contributed by atoms with Crippen LogP contribution in [0.3, 0.4) is 0 Å². The van der Waals surface area contributed by atoms with Crippen molar-refractivity contribution in [3.8, 4) is 5.75 Å². The SMILES string of the molecule is C/C(C=O)=C1\NC(c2ccccc2[N+](=O)[O-])c2c(ccc3ccccc23)O1. The largest absolute Gasteiger partial charge is 0.441 e. The van der Waals surface area contributed by atoms with Gasteiger partial charge in [-0.2, -0.15) is 0 Å². The van der Waals surface area contributed by atoms with Crippen molar-refractivity contribution >= 4 is 22.7 Å². The Kier molecular flexibility index (Phi) is 4.08. The molecule has 27 heavy (non-hydrogen) atoms. The summed E-state index contributed by atoms with van der Waals surface area (Å²) in [7, 11) is 0. The molecule has 0 spiro atoms. The molecule has 1 aliphatic heterocycles. The van der Waals surface area contributed by atoms with Crippen LogP contribution in [0, 0.1) is 10.1 Å². The second-order valence-electron chi connectivity index (χ2n) is 6.32. The molecule has 0 aromatic heterocycles. The maximum atomic E-state index is 11.6. The van der Waals surface area contributed by atoms with Crippen LogP contribution in [-0.4, -0.2) is 11.2 Å². The van der Waals surface area contributed by atoms with Crippen molar-refractivity contribution in [2.24, 2.45) is 0 Å². The molecule has 134 valence electrons. The molecule has 6 heteroatoms. The van der Waals surface area contributed by atoms with Crippen LogP contribution in [0.4, 0.5) is 5.69 Å². The molecule has 3 aromatic rings. The number of ether oxygens (including phenoxy) is 1. The molecule has 0 saturated carbocycles. The lowest BCUT2D eigenvalue weighted by atomic mass is 9.91. The first kappa shape index (κ1) is 16.8. The summed E-state index contributed by atoms with van der Waals surface area (Å²) in [5.74, 6) is 0.878. The zero-order valence-electron chi connectivity index (χ0n) is 14.5. The Morgan fingerprint density at radius 3 is 2.63 bits per heavy atom. The molecule has 0 aliphatic carbocycles. The van der Waals surface area contributed by atoms with E-state index in [-0.39, 0.29) is 5.69 Å². The first-order chi connectivity index (χ1) is 13.1. The van der Waals surface area contributed by atoms with Crippen LogP contribution >= 0.6 is 0 Å². The van der Waals surface area contributed by atoms with E-state index in [9.17, 15) is 14.9 Å². The van der Waals surface area contributed by atoms with E-state index in [0.29, 0.717) is 29.1 Å². The number of nitro benzene ring substituents is 1. The van der Waals surface area contributed by atoms with Crippen LogP contribution in [0.2, 0.25) is 0 Å².